The maximum Gasteiger partial charge on any atom is 0.127 e. The van der Waals surface area contributed by atoms with E-state index in [2.05, 4.69) is 6.07 Å². The Kier molecular flexibility index (Phi) is 4.95. The van der Waals surface area contributed by atoms with Crippen LogP contribution in [0.25, 0.3) is 0 Å². The molecule has 1 aromatic rings. The second-order valence-electron chi connectivity index (χ2n) is 7.47. The van der Waals surface area contributed by atoms with Crippen molar-refractivity contribution in [3.63, 3.8) is 0 Å². The van der Waals surface area contributed by atoms with E-state index in [-0.39, 0.29) is 30.7 Å². The van der Waals surface area contributed by atoms with E-state index in [1.54, 1.807) is 0 Å². The van der Waals surface area contributed by atoms with Crippen LogP contribution in [-0.4, -0.2) is 29.3 Å². The number of phenolic OH excluding ortho intramolecular Hbond substituents is 1. The van der Waals surface area contributed by atoms with Crippen molar-refractivity contribution in [2.45, 2.75) is 46.3 Å². The number of aromatic hydroxyl groups is 1. The molecule has 1 heterocycles. The highest BCUT2D eigenvalue weighted by atomic mass is 19.1. The standard InChI is InChI=1S/C18H24F2N2O/c1-17(2,3)18(6-8-21)7-9-22(12-16(18)20)11-13-10-14(23)4-5-15(13)19/h4-5,10,16,23H,6-7,9,11-12H2,1-3H3. The maximum atomic E-state index is 15.0. The Morgan fingerprint density at radius 2 is 2.13 bits per heavy atom. The van der Waals surface area contributed by atoms with Gasteiger partial charge < -0.3 is 5.11 Å². The van der Waals surface area contributed by atoms with Gasteiger partial charge in [0.1, 0.15) is 17.7 Å². The molecule has 0 amide bonds. The van der Waals surface area contributed by atoms with Crippen molar-refractivity contribution in [3.8, 4) is 11.8 Å². The average molecular weight is 322 g/mol. The van der Waals surface area contributed by atoms with Crippen molar-refractivity contribution < 1.29 is 13.9 Å². The number of halogens is 2. The van der Waals surface area contributed by atoms with Crippen LogP contribution in [0.15, 0.2) is 18.2 Å². The summed E-state index contributed by atoms with van der Waals surface area (Å²) in [5.41, 5.74) is -0.624. The lowest BCUT2D eigenvalue weighted by Crippen LogP contribution is -2.54. The lowest BCUT2D eigenvalue weighted by atomic mass is 9.59. The highest BCUT2D eigenvalue weighted by molar-refractivity contribution is 5.28. The predicted molar refractivity (Wildman–Crippen MR) is 85.0 cm³/mol. The second kappa shape index (κ2) is 6.45. The zero-order valence-electron chi connectivity index (χ0n) is 13.9. The third-order valence-corrected chi connectivity index (χ3v) is 5.20. The van der Waals surface area contributed by atoms with Crippen LogP contribution >= 0.6 is 0 Å². The molecule has 1 fully saturated rings. The van der Waals surface area contributed by atoms with Crippen LogP contribution in [0.5, 0.6) is 5.75 Å². The number of benzene rings is 1. The predicted octanol–water partition coefficient (Wildman–Crippen LogP) is 4.02. The topological polar surface area (TPSA) is 47.3 Å². The van der Waals surface area contributed by atoms with Crippen LogP contribution in [0.4, 0.5) is 8.78 Å². The molecule has 126 valence electrons. The van der Waals surface area contributed by atoms with Gasteiger partial charge in [-0.1, -0.05) is 20.8 Å². The minimum Gasteiger partial charge on any atom is -0.508 e. The minimum absolute atomic E-state index is 0.00345. The summed E-state index contributed by atoms with van der Waals surface area (Å²) in [6.07, 6.45) is -0.395. The Bertz CT molecular complexity index is 606. The lowest BCUT2D eigenvalue weighted by Gasteiger charge is -2.51. The van der Waals surface area contributed by atoms with Crippen molar-refractivity contribution in [1.29, 1.82) is 5.26 Å². The molecule has 1 aliphatic heterocycles. The first-order chi connectivity index (χ1) is 10.7. The Morgan fingerprint density at radius 1 is 1.43 bits per heavy atom. The van der Waals surface area contributed by atoms with Crippen LogP contribution in [0, 0.1) is 28.0 Å². The van der Waals surface area contributed by atoms with Crippen LogP contribution in [0.3, 0.4) is 0 Å². The third-order valence-electron chi connectivity index (χ3n) is 5.20. The van der Waals surface area contributed by atoms with Crippen molar-refractivity contribution in [2.24, 2.45) is 10.8 Å². The monoisotopic (exact) mass is 322 g/mol. The Balaban J connectivity index is 2.15. The Labute approximate surface area is 136 Å². The largest absolute Gasteiger partial charge is 0.508 e. The van der Waals surface area contributed by atoms with Crippen LogP contribution in [-0.2, 0) is 6.54 Å². The van der Waals surface area contributed by atoms with E-state index in [1.165, 1.54) is 18.2 Å². The van der Waals surface area contributed by atoms with Gasteiger partial charge in [0.2, 0.25) is 0 Å². The van der Waals surface area contributed by atoms with Crippen molar-refractivity contribution in [1.82, 2.24) is 4.90 Å². The van der Waals surface area contributed by atoms with Gasteiger partial charge in [-0.25, -0.2) is 8.78 Å². The Morgan fingerprint density at radius 3 is 2.70 bits per heavy atom. The number of rotatable bonds is 3. The van der Waals surface area contributed by atoms with E-state index >= 15 is 0 Å². The molecule has 1 saturated heterocycles. The molecular formula is C18H24F2N2O. The highest BCUT2D eigenvalue weighted by Crippen LogP contribution is 2.50. The molecule has 1 aliphatic rings. The van der Waals surface area contributed by atoms with E-state index in [1.807, 2.05) is 25.7 Å². The van der Waals surface area contributed by atoms with E-state index in [9.17, 15) is 13.9 Å². The fraction of sp³-hybridized carbons (Fsp3) is 0.611. The first-order valence-corrected chi connectivity index (χ1v) is 7.90. The molecule has 0 aliphatic carbocycles. The quantitative estimate of drug-likeness (QED) is 0.914. The minimum atomic E-state index is -1.14. The zero-order valence-corrected chi connectivity index (χ0v) is 13.9. The Hall–Kier alpha value is -1.67. The number of hydrogen-bond donors (Lipinski definition) is 1. The van der Waals surface area contributed by atoms with Crippen LogP contribution in [0.2, 0.25) is 0 Å². The van der Waals surface area contributed by atoms with Crippen LogP contribution in [0.1, 0.15) is 39.2 Å². The molecule has 2 rings (SSSR count). The van der Waals surface area contributed by atoms with Crippen molar-refractivity contribution in [2.75, 3.05) is 13.1 Å². The van der Waals surface area contributed by atoms with Gasteiger partial charge in [0.15, 0.2) is 0 Å². The molecule has 0 radical (unpaired) electrons. The molecule has 2 atom stereocenters. The van der Waals surface area contributed by atoms with E-state index in [0.29, 0.717) is 18.5 Å². The summed E-state index contributed by atoms with van der Waals surface area (Å²) in [5.74, 6) is -0.397. The molecule has 23 heavy (non-hydrogen) atoms. The molecular weight excluding hydrogens is 298 g/mol. The van der Waals surface area contributed by atoms with Gasteiger partial charge in [-0.05, 0) is 36.6 Å². The van der Waals surface area contributed by atoms with Gasteiger partial charge >= 0.3 is 0 Å². The van der Waals surface area contributed by atoms with Crippen LogP contribution < -0.4 is 0 Å². The first-order valence-electron chi connectivity index (χ1n) is 7.90. The smallest absolute Gasteiger partial charge is 0.127 e. The molecule has 0 bridgehead atoms. The fourth-order valence-corrected chi connectivity index (χ4v) is 3.52. The summed E-state index contributed by atoms with van der Waals surface area (Å²) in [6, 6.07) is 6.04. The highest BCUT2D eigenvalue weighted by Gasteiger charge is 2.51. The second-order valence-corrected chi connectivity index (χ2v) is 7.47. The van der Waals surface area contributed by atoms with Gasteiger partial charge in [-0.15, -0.1) is 0 Å². The molecule has 3 nitrogen and oxygen atoms in total. The number of nitrogens with zero attached hydrogens (tertiary/aromatic N) is 2. The van der Waals surface area contributed by atoms with Gasteiger partial charge in [-0.2, -0.15) is 5.26 Å². The lowest BCUT2D eigenvalue weighted by molar-refractivity contribution is -0.0662. The summed E-state index contributed by atoms with van der Waals surface area (Å²) in [7, 11) is 0. The molecule has 0 spiro atoms. The molecule has 1 aromatic carbocycles. The van der Waals surface area contributed by atoms with Gasteiger partial charge in [0, 0.05) is 30.5 Å². The van der Waals surface area contributed by atoms with E-state index < -0.39 is 17.4 Å². The number of alkyl halides is 1. The SMILES string of the molecule is CC(C)(C)C1(CC#N)CCN(Cc2cc(O)ccc2F)CC1F. The number of likely N-dealkylation sites (tertiary alicyclic amines) is 1. The normalized spacial score (nSPS) is 26.0. The summed E-state index contributed by atoms with van der Waals surface area (Å²) < 4.78 is 28.8. The molecule has 1 N–H and O–H groups in total. The zero-order chi connectivity index (χ0) is 17.3. The maximum absolute atomic E-state index is 15.0. The summed E-state index contributed by atoms with van der Waals surface area (Å²) >= 11 is 0. The summed E-state index contributed by atoms with van der Waals surface area (Å²) in [4.78, 5) is 1.85. The molecule has 0 saturated carbocycles. The van der Waals surface area contributed by atoms with Gasteiger partial charge in [0.25, 0.3) is 0 Å². The number of phenols is 1. The third kappa shape index (κ3) is 3.48. The van der Waals surface area contributed by atoms with Gasteiger partial charge in [-0.3, -0.25) is 4.90 Å². The average Bonchev–Trinajstić information content (AvgIpc) is 2.45. The fourth-order valence-electron chi connectivity index (χ4n) is 3.52. The number of hydrogen-bond acceptors (Lipinski definition) is 3. The number of piperidine rings is 1. The van der Waals surface area contributed by atoms with Gasteiger partial charge in [0.05, 0.1) is 6.07 Å². The summed E-state index contributed by atoms with van der Waals surface area (Å²) in [5, 5.41) is 18.6. The molecule has 5 heteroatoms. The molecule has 2 unspecified atom stereocenters. The van der Waals surface area contributed by atoms with Crippen molar-refractivity contribution >= 4 is 0 Å². The molecule has 0 aromatic heterocycles. The number of nitriles is 1. The van der Waals surface area contributed by atoms with E-state index in [0.717, 1.165) is 0 Å². The van der Waals surface area contributed by atoms with Crippen molar-refractivity contribution in [3.05, 3.63) is 29.6 Å². The summed E-state index contributed by atoms with van der Waals surface area (Å²) in [6.45, 7) is 6.96. The first kappa shape index (κ1) is 17.7. The van der Waals surface area contributed by atoms with E-state index in [4.69, 9.17) is 5.26 Å².